The Labute approximate surface area is 321 Å². The van der Waals surface area contributed by atoms with Gasteiger partial charge in [0.05, 0.1) is 13.2 Å². The van der Waals surface area contributed by atoms with E-state index in [1.165, 1.54) is 0 Å². The highest BCUT2D eigenvalue weighted by atomic mass is 19.4. The van der Waals surface area contributed by atoms with E-state index in [2.05, 4.69) is 9.47 Å². The molecule has 0 saturated heterocycles. The molecule has 4 aromatic carbocycles. The molecule has 0 unspecified atom stereocenters. The van der Waals surface area contributed by atoms with E-state index in [-0.39, 0.29) is 50.3 Å². The number of halogens is 18. The van der Waals surface area contributed by atoms with Gasteiger partial charge < -0.3 is 18.9 Å². The molecule has 22 heteroatoms. The van der Waals surface area contributed by atoms with Crippen molar-refractivity contribution in [3.63, 3.8) is 0 Å². The fourth-order valence-corrected chi connectivity index (χ4v) is 5.59. The van der Waals surface area contributed by atoms with Crippen LogP contribution in [0.5, 0.6) is 23.0 Å². The molecule has 0 amide bonds. The third kappa shape index (κ3) is 11.5. The summed E-state index contributed by atoms with van der Waals surface area (Å²) >= 11 is 0. The Balaban J connectivity index is 1.27. The molecular weight excluding hydrogens is 850 g/mol. The lowest BCUT2D eigenvalue weighted by molar-refractivity contribution is -0.190. The smallest absolute Gasteiger partial charge is 0.432 e. The van der Waals surface area contributed by atoms with Gasteiger partial charge in [-0.2, -0.15) is 43.9 Å². The summed E-state index contributed by atoms with van der Waals surface area (Å²) in [6.07, 6.45) is -19.9. The van der Waals surface area contributed by atoms with Crippen LogP contribution in [0.1, 0.15) is 61.8 Å². The lowest BCUT2D eigenvalue weighted by atomic mass is 9.83. The van der Waals surface area contributed by atoms with E-state index >= 15 is 0 Å². The van der Waals surface area contributed by atoms with E-state index in [0.717, 1.165) is 0 Å². The van der Waals surface area contributed by atoms with Crippen molar-refractivity contribution >= 4 is 0 Å². The van der Waals surface area contributed by atoms with E-state index in [4.69, 9.17) is 9.47 Å². The maximum atomic E-state index is 14.6. The van der Waals surface area contributed by atoms with Crippen LogP contribution in [0.3, 0.4) is 0 Å². The molecule has 0 heterocycles. The van der Waals surface area contributed by atoms with Crippen LogP contribution in [0.2, 0.25) is 0 Å². The molecular formula is C37H26F18O4. The highest BCUT2D eigenvalue weighted by Gasteiger charge is 2.45. The van der Waals surface area contributed by atoms with Crippen LogP contribution < -0.4 is 18.9 Å². The Morgan fingerprint density at radius 2 is 0.610 bits per heavy atom. The minimum Gasteiger partial charge on any atom is -0.493 e. The van der Waals surface area contributed by atoms with Crippen LogP contribution in [0.4, 0.5) is 79.0 Å². The van der Waals surface area contributed by atoms with Crippen molar-refractivity contribution in [2.24, 2.45) is 5.41 Å². The van der Waals surface area contributed by atoms with Crippen molar-refractivity contribution in [3.05, 3.63) is 117 Å². The average Bonchev–Trinajstić information content (AvgIpc) is 3.01. The van der Waals surface area contributed by atoms with Crippen molar-refractivity contribution in [1.82, 2.24) is 0 Å². The van der Waals surface area contributed by atoms with Gasteiger partial charge in [0.2, 0.25) is 0 Å². The second-order valence-corrected chi connectivity index (χ2v) is 13.3. The predicted molar refractivity (Wildman–Crippen MR) is 168 cm³/mol. The zero-order chi connectivity index (χ0) is 44.5. The molecule has 0 spiro atoms. The molecule has 0 aliphatic rings. The first-order chi connectivity index (χ1) is 27.0. The van der Waals surface area contributed by atoms with Crippen LogP contribution in [0.15, 0.2) is 48.5 Å². The fourth-order valence-electron chi connectivity index (χ4n) is 5.59. The van der Waals surface area contributed by atoms with Crippen LogP contribution in [-0.4, -0.2) is 13.2 Å². The Bertz CT molecular complexity index is 1910. The summed E-state index contributed by atoms with van der Waals surface area (Å²) in [6.45, 7) is 3.05. The molecule has 0 N–H and O–H groups in total. The highest BCUT2D eigenvalue weighted by molar-refractivity contribution is 5.37. The van der Waals surface area contributed by atoms with Crippen molar-refractivity contribution in [2.45, 2.75) is 64.1 Å². The molecule has 59 heavy (non-hydrogen) atoms. The molecule has 4 nitrogen and oxygen atoms in total. The lowest BCUT2D eigenvalue weighted by Crippen LogP contribution is -2.25. The van der Waals surface area contributed by atoms with E-state index in [9.17, 15) is 79.0 Å². The first-order valence-electron chi connectivity index (χ1n) is 16.5. The highest BCUT2D eigenvalue weighted by Crippen LogP contribution is 2.42. The van der Waals surface area contributed by atoms with Crippen LogP contribution >= 0.6 is 0 Å². The summed E-state index contributed by atoms with van der Waals surface area (Å²) in [5, 5.41) is 0. The number of ether oxygens (including phenoxy) is 4. The molecule has 0 fully saturated rings. The number of benzene rings is 4. The third-order valence-corrected chi connectivity index (χ3v) is 8.24. The van der Waals surface area contributed by atoms with Crippen LogP contribution in [0.25, 0.3) is 0 Å². The van der Waals surface area contributed by atoms with E-state index in [1.54, 1.807) is 13.8 Å². The van der Waals surface area contributed by atoms with Gasteiger partial charge >= 0.3 is 24.6 Å². The first-order valence-corrected chi connectivity index (χ1v) is 16.5. The van der Waals surface area contributed by atoms with E-state index in [1.807, 2.05) is 0 Å². The molecule has 4 aromatic rings. The van der Waals surface area contributed by atoms with Gasteiger partial charge in [-0.3, -0.25) is 0 Å². The molecule has 0 aliphatic carbocycles. The van der Waals surface area contributed by atoms with Crippen molar-refractivity contribution in [3.8, 4) is 23.0 Å². The molecule has 0 saturated carbocycles. The van der Waals surface area contributed by atoms with E-state index < -0.39 is 122 Å². The quantitative estimate of drug-likeness (QED) is 0.0830. The predicted octanol–water partition coefficient (Wildman–Crippen LogP) is 13.1. The van der Waals surface area contributed by atoms with Crippen LogP contribution in [-0.2, 0) is 24.6 Å². The lowest BCUT2D eigenvalue weighted by Gasteiger charge is -2.25. The zero-order valence-electron chi connectivity index (χ0n) is 29.8. The van der Waals surface area contributed by atoms with Gasteiger partial charge in [-0.05, 0) is 31.1 Å². The maximum Gasteiger partial charge on any atom is 0.432 e. The fraction of sp³-hybridized carbons (Fsp3) is 0.351. The number of rotatable bonds is 16. The van der Waals surface area contributed by atoms with Gasteiger partial charge in [0.25, 0.3) is 0 Å². The van der Waals surface area contributed by atoms with Crippen molar-refractivity contribution in [2.75, 3.05) is 13.2 Å². The topological polar surface area (TPSA) is 36.9 Å². The van der Waals surface area contributed by atoms with Gasteiger partial charge in [-0.15, -0.1) is 0 Å². The summed E-state index contributed by atoms with van der Waals surface area (Å²) < 4.78 is 267. The SMILES string of the molecule is CC(C)(CCCOc1cc(F)c(C(F)(F)Oc2cc(F)c(C(F)(F)F)c(F)c2)c(F)c1)CCCOc1cc(F)c(C(F)(F)Oc2cc(F)c(C(F)(F)F)c(F)c2)c(F)c1. The monoisotopic (exact) mass is 876 g/mol. The second-order valence-electron chi connectivity index (χ2n) is 13.3. The Morgan fingerprint density at radius 1 is 0.373 bits per heavy atom. The van der Waals surface area contributed by atoms with Gasteiger partial charge in [0.1, 0.15) is 91.8 Å². The number of alkyl halides is 10. The summed E-state index contributed by atoms with van der Waals surface area (Å²) in [5.41, 5.74) is -9.43. The van der Waals surface area contributed by atoms with Gasteiger partial charge in [-0.25, -0.2) is 35.1 Å². The Kier molecular flexibility index (Phi) is 13.6. The van der Waals surface area contributed by atoms with Crippen molar-refractivity contribution in [1.29, 1.82) is 0 Å². The summed E-state index contributed by atoms with van der Waals surface area (Å²) in [5.74, 6) is -21.2. The summed E-state index contributed by atoms with van der Waals surface area (Å²) in [6, 6.07) is 0.352. The van der Waals surface area contributed by atoms with Crippen LogP contribution in [0, 0.1) is 52.0 Å². The minimum atomic E-state index is -5.53. The Hall–Kier alpha value is -5.18. The number of hydrogen-bond acceptors (Lipinski definition) is 4. The second kappa shape index (κ2) is 17.2. The first kappa shape index (κ1) is 46.5. The van der Waals surface area contributed by atoms with Gasteiger partial charge in [0, 0.05) is 48.5 Å². The summed E-state index contributed by atoms with van der Waals surface area (Å²) in [7, 11) is 0. The largest absolute Gasteiger partial charge is 0.493 e. The number of hydrogen-bond donors (Lipinski definition) is 0. The zero-order valence-corrected chi connectivity index (χ0v) is 29.8. The molecule has 0 aromatic heterocycles. The van der Waals surface area contributed by atoms with Crippen molar-refractivity contribution < 1.29 is 98.0 Å². The molecule has 0 atom stereocenters. The average molecular weight is 877 g/mol. The molecule has 0 bridgehead atoms. The maximum absolute atomic E-state index is 14.6. The normalized spacial score (nSPS) is 12.8. The molecule has 0 aliphatic heterocycles. The summed E-state index contributed by atoms with van der Waals surface area (Å²) in [4.78, 5) is 0. The Morgan fingerprint density at radius 3 is 0.864 bits per heavy atom. The standard InChI is InChI=1S/C37H26F18O4/c1-33(2,5-3-7-56-17-9-25(42)31(26(43)10-17)36(52,53)58-19-13-21(38)29(22(39)14-19)34(46,47)48)6-4-8-57-18-11-27(44)32(28(45)12-18)37(54,55)59-20-15-23(40)30(24(41)16-20)35(49,50)51/h9-16H,3-8H2,1-2H3. The molecule has 324 valence electrons. The molecule has 0 radical (unpaired) electrons. The minimum absolute atomic E-state index is 0.198. The van der Waals surface area contributed by atoms with Gasteiger partial charge in [-0.1, -0.05) is 13.8 Å². The molecule has 4 rings (SSSR count). The van der Waals surface area contributed by atoms with E-state index in [0.29, 0.717) is 37.1 Å². The van der Waals surface area contributed by atoms with Gasteiger partial charge in [0.15, 0.2) is 0 Å². The third-order valence-electron chi connectivity index (χ3n) is 8.24.